The minimum atomic E-state index is -4.28. The number of hydrogen-bond acceptors (Lipinski definition) is 2. The van der Waals surface area contributed by atoms with Gasteiger partial charge in [0.15, 0.2) is 0 Å². The lowest BCUT2D eigenvalue weighted by molar-refractivity contribution is 0.193. The van der Waals surface area contributed by atoms with Crippen molar-refractivity contribution in [1.29, 1.82) is 0 Å². The van der Waals surface area contributed by atoms with Crippen LogP contribution < -0.4 is 0 Å². The summed E-state index contributed by atoms with van der Waals surface area (Å²) >= 11 is 0. The van der Waals surface area contributed by atoms with Gasteiger partial charge in [-0.2, -0.15) is 0 Å². The Morgan fingerprint density at radius 1 is 0.556 bits per heavy atom. The summed E-state index contributed by atoms with van der Waals surface area (Å²) in [6.45, 7) is 4.79. The van der Waals surface area contributed by atoms with E-state index in [2.05, 4.69) is 30.5 Å². The van der Waals surface area contributed by atoms with Crippen LogP contribution in [0.2, 0.25) is 0 Å². The molecular weight excluding hydrogens is 467 g/mol. The number of allylic oxidation sites excluding steroid dienone is 2. The number of phosphoric ester groups is 1. The topological polar surface area (TPSA) is 66.8 Å². The SMILES string of the molecule is CCCCCCCCCC(CCCC)CCCCCCC/C=C\CCCCCCCCOP(=O)(O)O. The molecule has 4 nitrogen and oxygen atoms in total. The van der Waals surface area contributed by atoms with Crippen molar-refractivity contribution in [3.8, 4) is 0 Å². The van der Waals surface area contributed by atoms with E-state index in [-0.39, 0.29) is 6.61 Å². The molecule has 1 atom stereocenters. The second-order valence-electron chi connectivity index (χ2n) is 11.0. The van der Waals surface area contributed by atoms with Gasteiger partial charge >= 0.3 is 7.82 Å². The molecule has 0 amide bonds. The van der Waals surface area contributed by atoms with E-state index >= 15 is 0 Å². The Labute approximate surface area is 225 Å². The van der Waals surface area contributed by atoms with Gasteiger partial charge in [0.1, 0.15) is 0 Å². The molecule has 0 radical (unpaired) electrons. The van der Waals surface area contributed by atoms with Crippen LogP contribution in [0.3, 0.4) is 0 Å². The molecule has 0 aliphatic carbocycles. The molecule has 0 aromatic rings. The van der Waals surface area contributed by atoms with Crippen molar-refractivity contribution in [3.63, 3.8) is 0 Å². The smallest absolute Gasteiger partial charge is 0.303 e. The van der Waals surface area contributed by atoms with Gasteiger partial charge in [-0.1, -0.05) is 154 Å². The molecule has 0 rings (SSSR count). The first-order valence-electron chi connectivity index (χ1n) is 15.8. The molecule has 0 aliphatic heterocycles. The van der Waals surface area contributed by atoms with Crippen molar-refractivity contribution in [1.82, 2.24) is 0 Å². The van der Waals surface area contributed by atoms with Crippen molar-refractivity contribution in [2.45, 2.75) is 174 Å². The van der Waals surface area contributed by atoms with Crippen LogP contribution in [0.4, 0.5) is 0 Å². The predicted molar refractivity (Wildman–Crippen MR) is 157 cm³/mol. The van der Waals surface area contributed by atoms with E-state index in [4.69, 9.17) is 9.79 Å². The highest BCUT2D eigenvalue weighted by Crippen LogP contribution is 2.35. The summed E-state index contributed by atoms with van der Waals surface area (Å²) in [5, 5.41) is 0. The third-order valence-electron chi connectivity index (χ3n) is 7.36. The Kier molecular flexibility index (Phi) is 27.8. The highest BCUT2D eigenvalue weighted by atomic mass is 31.2. The maximum Gasteiger partial charge on any atom is 0.469 e. The fraction of sp³-hybridized carbons (Fsp3) is 0.935. The molecule has 0 heterocycles. The average molecular weight is 531 g/mol. The molecule has 0 aromatic heterocycles. The van der Waals surface area contributed by atoms with Crippen LogP contribution in [0.5, 0.6) is 0 Å². The van der Waals surface area contributed by atoms with E-state index in [9.17, 15) is 4.57 Å². The molecule has 0 saturated carbocycles. The van der Waals surface area contributed by atoms with Crippen LogP contribution in [0.15, 0.2) is 12.2 Å². The van der Waals surface area contributed by atoms with Crippen molar-refractivity contribution in [2.75, 3.05) is 6.61 Å². The summed E-state index contributed by atoms with van der Waals surface area (Å²) in [7, 11) is -4.28. The van der Waals surface area contributed by atoms with Gasteiger partial charge in [0.2, 0.25) is 0 Å². The minimum Gasteiger partial charge on any atom is -0.303 e. The fourth-order valence-corrected chi connectivity index (χ4v) is 5.40. The van der Waals surface area contributed by atoms with Crippen molar-refractivity contribution in [3.05, 3.63) is 12.2 Å². The molecule has 0 saturated heterocycles. The lowest BCUT2D eigenvalue weighted by Crippen LogP contribution is -2.01. The Hall–Kier alpha value is -0.150. The van der Waals surface area contributed by atoms with Crippen molar-refractivity contribution >= 4 is 7.82 Å². The summed E-state index contributed by atoms with van der Waals surface area (Å²) in [6, 6.07) is 0. The first kappa shape index (κ1) is 35.9. The van der Waals surface area contributed by atoms with E-state index < -0.39 is 7.82 Å². The zero-order chi connectivity index (χ0) is 26.6. The van der Waals surface area contributed by atoms with Gasteiger partial charge in [-0.3, -0.25) is 4.52 Å². The van der Waals surface area contributed by atoms with Gasteiger partial charge in [-0.15, -0.1) is 0 Å². The standard InChI is InChI=1S/C31H63O4P/c1-3-5-7-8-18-21-24-28-31(27-6-4-2)29-25-22-19-16-14-12-10-9-11-13-15-17-20-23-26-30-35-36(32,33)34/h9-10,31H,3-8,11-30H2,1-2H3,(H2,32,33,34)/b10-9-. The molecule has 0 fully saturated rings. The van der Waals surface area contributed by atoms with E-state index in [0.717, 1.165) is 25.2 Å². The van der Waals surface area contributed by atoms with Gasteiger partial charge in [0.25, 0.3) is 0 Å². The molecule has 0 aromatic carbocycles. The maximum atomic E-state index is 10.6. The predicted octanol–water partition coefficient (Wildman–Crippen LogP) is 11.1. The summed E-state index contributed by atoms with van der Waals surface area (Å²) in [5.41, 5.74) is 0. The van der Waals surface area contributed by atoms with Crippen LogP contribution in [0.1, 0.15) is 174 Å². The summed E-state index contributed by atoms with van der Waals surface area (Å²) < 4.78 is 15.0. The largest absolute Gasteiger partial charge is 0.469 e. The van der Waals surface area contributed by atoms with E-state index in [0.29, 0.717) is 0 Å². The molecule has 36 heavy (non-hydrogen) atoms. The zero-order valence-corrected chi connectivity index (χ0v) is 25.2. The number of unbranched alkanes of at least 4 members (excludes halogenated alkanes) is 18. The van der Waals surface area contributed by atoms with Crippen LogP contribution in [0.25, 0.3) is 0 Å². The quantitative estimate of drug-likeness (QED) is 0.0573. The third kappa shape index (κ3) is 30.1. The second-order valence-corrected chi connectivity index (χ2v) is 12.2. The van der Waals surface area contributed by atoms with Crippen LogP contribution >= 0.6 is 7.82 Å². The van der Waals surface area contributed by atoms with Gasteiger partial charge in [-0.05, 0) is 38.0 Å². The Balaban J connectivity index is 3.49. The Morgan fingerprint density at radius 3 is 1.42 bits per heavy atom. The van der Waals surface area contributed by atoms with Gasteiger partial charge in [-0.25, -0.2) is 4.57 Å². The molecule has 1 unspecified atom stereocenters. The normalized spacial score (nSPS) is 13.1. The van der Waals surface area contributed by atoms with Crippen LogP contribution in [0, 0.1) is 5.92 Å². The molecule has 0 aliphatic rings. The number of hydrogen-bond donors (Lipinski definition) is 2. The molecule has 216 valence electrons. The molecule has 2 N–H and O–H groups in total. The lowest BCUT2D eigenvalue weighted by Gasteiger charge is -2.16. The summed E-state index contributed by atoms with van der Waals surface area (Å²) in [5.74, 6) is 0.991. The number of phosphoric acid groups is 1. The van der Waals surface area contributed by atoms with E-state index in [1.165, 1.54) is 141 Å². The first-order chi connectivity index (χ1) is 17.5. The van der Waals surface area contributed by atoms with Crippen LogP contribution in [-0.4, -0.2) is 16.4 Å². The van der Waals surface area contributed by atoms with Crippen molar-refractivity contribution < 1.29 is 18.9 Å². The average Bonchev–Trinajstić information content (AvgIpc) is 2.84. The van der Waals surface area contributed by atoms with Gasteiger partial charge in [0, 0.05) is 0 Å². The molecule has 0 bridgehead atoms. The fourth-order valence-electron chi connectivity index (χ4n) is 5.03. The third-order valence-corrected chi connectivity index (χ3v) is 7.88. The minimum absolute atomic E-state index is 0.159. The highest BCUT2D eigenvalue weighted by Gasteiger charge is 2.12. The Morgan fingerprint density at radius 2 is 0.944 bits per heavy atom. The second kappa shape index (κ2) is 27.9. The molecule has 5 heteroatoms. The maximum absolute atomic E-state index is 10.6. The highest BCUT2D eigenvalue weighted by molar-refractivity contribution is 7.46. The lowest BCUT2D eigenvalue weighted by atomic mass is 9.90. The van der Waals surface area contributed by atoms with E-state index in [1.54, 1.807) is 0 Å². The molecular formula is C31H63O4P. The number of rotatable bonds is 29. The van der Waals surface area contributed by atoms with Gasteiger partial charge < -0.3 is 9.79 Å². The van der Waals surface area contributed by atoms with Crippen LogP contribution in [-0.2, 0) is 9.09 Å². The van der Waals surface area contributed by atoms with E-state index in [1.807, 2.05) is 0 Å². The monoisotopic (exact) mass is 530 g/mol. The Bertz CT molecular complexity index is 503. The summed E-state index contributed by atoms with van der Waals surface area (Å²) in [4.78, 5) is 17.2. The zero-order valence-electron chi connectivity index (χ0n) is 24.3. The van der Waals surface area contributed by atoms with Crippen molar-refractivity contribution in [2.24, 2.45) is 5.92 Å². The summed E-state index contributed by atoms with van der Waals surface area (Å²) in [6.07, 6.45) is 37.9. The van der Waals surface area contributed by atoms with Gasteiger partial charge in [0.05, 0.1) is 6.61 Å². The molecule has 0 spiro atoms. The first-order valence-corrected chi connectivity index (χ1v) is 17.4.